The van der Waals surface area contributed by atoms with Crippen LogP contribution in [0.5, 0.6) is 0 Å². The molecule has 8 aliphatic rings. The van der Waals surface area contributed by atoms with Crippen LogP contribution in [0.1, 0.15) is 210 Å². The minimum absolute atomic E-state index is 0.0199. The minimum Gasteiger partial charge on any atom is -0.479 e. The van der Waals surface area contributed by atoms with Crippen LogP contribution in [0.2, 0.25) is 0 Å². The van der Waals surface area contributed by atoms with E-state index in [1.165, 1.54) is 111 Å². The number of aliphatic carboxylic acids is 1. The summed E-state index contributed by atoms with van der Waals surface area (Å²) in [5.41, 5.74) is -16.8. The molecule has 8 aliphatic carbocycles. The number of alkyl carbamates (subject to hydrolysis) is 1. The van der Waals surface area contributed by atoms with Crippen molar-refractivity contribution in [3.05, 3.63) is 202 Å². The van der Waals surface area contributed by atoms with E-state index in [0.29, 0.717) is 12.0 Å². The number of nitrogens with one attached hydrogen (secondary N) is 2. The summed E-state index contributed by atoms with van der Waals surface area (Å²) in [5.74, 6) is -19.0. The SMILES string of the molecule is CC(=O)O[C@H]1C(=O)[C@@]2(C)[C@H]([C@H](OC(=O)c3ccccc3)[C@]3(O)C[C@H](OC(=O)[C@H](O)[C@@H](NC(=O)OC(C)(C)C)c4ccccc4)C(C)=C1C3(C)C)[C@]1(OC(C)=O)CC[C@@H]1[C@@H](F)[C@@H]2O.CC(=O)O[C@H]1C(=O)[C@@]2(C)[C@H]([C@H](OC(=O)c3ccccc3)[C@]3(O)C[C@H](OC(=O)[C@H](OC(=O)C[C@H](O)C(=O)O)[C@@H](NC(=O)c4ccccc4)c4ccccc4)C(C)=C1C3(C)C)[C@]1(OC(C)=O)CC[C@@H]1C[C@@H]2O. The van der Waals surface area contributed by atoms with Crippen LogP contribution in [0.3, 0.4) is 0 Å². The molecule has 0 spiro atoms. The number of hydrogen-bond acceptors (Lipinski definition) is 30. The smallest absolute Gasteiger partial charge is 0.408 e. The summed E-state index contributed by atoms with van der Waals surface area (Å²) in [6.45, 7) is 20.9. The van der Waals surface area contributed by atoms with E-state index < -0.39 is 261 Å². The largest absolute Gasteiger partial charge is 0.479 e. The molecule has 0 aliphatic heterocycles. The van der Waals surface area contributed by atoms with E-state index in [-0.39, 0.29) is 70.2 Å². The van der Waals surface area contributed by atoms with Crippen molar-refractivity contribution in [2.45, 2.75) is 269 Å². The van der Waals surface area contributed by atoms with Gasteiger partial charge in [0.05, 0.1) is 58.5 Å². The first-order valence-electron chi connectivity index (χ1n) is 43.7. The number of ether oxygens (including phenoxy) is 10. The Morgan fingerprint density at radius 1 is 0.515 bits per heavy atom. The Kier molecular flexibility index (Phi) is 28.2. The summed E-state index contributed by atoms with van der Waals surface area (Å²) in [4.78, 5) is 193. The maximum Gasteiger partial charge on any atom is 0.408 e. The van der Waals surface area contributed by atoms with Crippen LogP contribution < -0.4 is 10.6 Å². The van der Waals surface area contributed by atoms with Crippen molar-refractivity contribution in [1.29, 1.82) is 0 Å². The van der Waals surface area contributed by atoms with E-state index in [1.54, 1.807) is 124 Å². The first-order chi connectivity index (χ1) is 61.8. The molecule has 5 aromatic carbocycles. The first kappa shape index (κ1) is 99.1. The first-order valence-corrected chi connectivity index (χ1v) is 43.7. The lowest BCUT2D eigenvalue weighted by Crippen LogP contribution is -2.81. The molecule has 34 heteroatoms. The van der Waals surface area contributed by atoms with Crippen LogP contribution in [0.15, 0.2) is 174 Å². The molecule has 0 unspecified atom stereocenters. The zero-order valence-electron chi connectivity index (χ0n) is 75.8. The third kappa shape index (κ3) is 18.1. The van der Waals surface area contributed by atoms with Gasteiger partial charge in [-0.2, -0.15) is 0 Å². The van der Waals surface area contributed by atoms with Crippen molar-refractivity contribution in [3.63, 3.8) is 0 Å². The van der Waals surface area contributed by atoms with Gasteiger partial charge in [-0.15, -0.1) is 0 Å². The molecular formula is C98H113FN2O31. The van der Waals surface area contributed by atoms with Gasteiger partial charge in [-0.05, 0) is 150 Å². The van der Waals surface area contributed by atoms with Crippen molar-refractivity contribution in [1.82, 2.24) is 10.6 Å². The number of hydrogen-bond donors (Lipinski definition) is 9. The summed E-state index contributed by atoms with van der Waals surface area (Å²) < 4.78 is 76.7. The van der Waals surface area contributed by atoms with Gasteiger partial charge in [-0.1, -0.05) is 143 Å². The molecule has 33 nitrogen and oxygen atoms in total. The second kappa shape index (κ2) is 37.6. The minimum atomic E-state index is -2.48. The predicted octanol–water partition coefficient (Wildman–Crippen LogP) is 8.92. The number of aliphatic hydroxyl groups excluding tert-OH is 4. The third-order valence-electron chi connectivity index (χ3n) is 28.4. The number of Topliss-reactive ketones (excluding diaryl/α,β-unsaturated/α-hetero) is 2. The van der Waals surface area contributed by atoms with Gasteiger partial charge < -0.3 is 93.7 Å². The monoisotopic (exact) mass is 1830 g/mol. The average Bonchev–Trinajstić information content (AvgIpc) is 0.670. The van der Waals surface area contributed by atoms with E-state index >= 15 is 18.8 Å². The van der Waals surface area contributed by atoms with Crippen LogP contribution in [0, 0.1) is 45.3 Å². The van der Waals surface area contributed by atoms with Gasteiger partial charge in [0, 0.05) is 68.8 Å². The van der Waals surface area contributed by atoms with E-state index in [0.717, 1.165) is 20.8 Å². The Bertz CT molecular complexity index is 5370. The van der Waals surface area contributed by atoms with Crippen molar-refractivity contribution < 1.29 is 155 Å². The molecule has 4 bridgehead atoms. The predicted molar refractivity (Wildman–Crippen MR) is 459 cm³/mol. The molecule has 9 N–H and O–H groups in total. The fourth-order valence-corrected chi connectivity index (χ4v) is 21.6. The number of amides is 2. The molecule has 0 aromatic heterocycles. The normalized spacial score (nSPS) is 31.5. The molecule has 2 amide bonds. The lowest BCUT2D eigenvalue weighted by atomic mass is 9.40. The molecular weight excluding hydrogens is 1720 g/mol. The molecule has 0 radical (unpaired) electrons. The highest BCUT2D eigenvalue weighted by Crippen LogP contribution is 2.70. The second-order valence-electron chi connectivity index (χ2n) is 38.0. The number of carbonyl (C=O) groups is 14. The molecule has 6 fully saturated rings. The number of rotatable bonds is 23. The standard InChI is InChI=1S/C52H57NO17.C46H56FNO14/c1-27-35(67-48(64)41(68-37(58)25-34(56)46(61)62)39(30-16-10-7-11-17-30)53-45(60)31-18-12-8-13-19-31)26-52(65)44(69-47(63)32-20-14-9-15-21-32)42-50(6,36(57)24-33-22-23-51(33,42)70-29(3)55)43(59)40(66-28(2)54)38(27)49(52,4)5;1-23-29(59-40(55)33(51)32(26-16-12-10-13-17-26)48-41(56)62-42(4,5)6)22-46(57)38(60-39(54)27-18-14-11-15-19-27)35-44(9,37(53)34(58-24(2)49)30(23)43(46,7)8)36(52)31(47)28-20-21-45(28,35)61-25(3)50/h7-21,33-36,39-42,44,56-57,65H,22-26H2,1-6H3,(H,53,60)(H,61,62);10-19,28-29,31-36,38,51-52,57H,20-22H2,1-9H3,(H,48,56)/t33-,34+,35+,36+,39+,40-,41-,42+,44+,50-,51+,52-;28-,29+,31-,32+,33-,34-,35+,36+,38+,44+,45+,46-/m11/s1. The summed E-state index contributed by atoms with van der Waals surface area (Å²) in [6.07, 6.45) is -26.0. The van der Waals surface area contributed by atoms with Gasteiger partial charge in [0.15, 0.2) is 36.0 Å². The van der Waals surface area contributed by atoms with E-state index in [2.05, 4.69) is 10.6 Å². The fourth-order valence-electron chi connectivity index (χ4n) is 21.6. The number of esters is 9. The maximum atomic E-state index is 16.7. The molecule has 13 rings (SSSR count). The van der Waals surface area contributed by atoms with Crippen molar-refractivity contribution in [2.24, 2.45) is 45.3 Å². The highest BCUT2D eigenvalue weighted by molar-refractivity contribution is 5.98. The van der Waals surface area contributed by atoms with Gasteiger partial charge in [0.25, 0.3) is 5.91 Å². The topological polar surface area (TPSA) is 497 Å². The number of carbonyl (C=O) groups excluding carboxylic acids is 13. The Morgan fingerprint density at radius 3 is 1.33 bits per heavy atom. The number of halogens is 1. The highest BCUT2D eigenvalue weighted by Gasteiger charge is 2.81. The molecule has 132 heavy (non-hydrogen) atoms. The summed E-state index contributed by atoms with van der Waals surface area (Å²) in [5, 5.41) is 88.3. The number of fused-ring (bicyclic) bond motifs is 10. The lowest BCUT2D eigenvalue weighted by molar-refractivity contribution is -0.310. The van der Waals surface area contributed by atoms with Crippen molar-refractivity contribution >= 4 is 83.3 Å². The van der Waals surface area contributed by atoms with Gasteiger partial charge >= 0.3 is 65.8 Å². The summed E-state index contributed by atoms with van der Waals surface area (Å²) >= 11 is 0. The molecule has 24 atom stereocenters. The zero-order valence-corrected chi connectivity index (χ0v) is 75.8. The van der Waals surface area contributed by atoms with Crippen LogP contribution in [-0.4, -0.2) is 220 Å². The lowest BCUT2D eigenvalue weighted by Gasteiger charge is -2.68. The number of ketones is 2. The number of benzene rings is 5. The number of alkyl halides is 1. The van der Waals surface area contributed by atoms with E-state index in [4.69, 9.17) is 47.4 Å². The van der Waals surface area contributed by atoms with E-state index in [1.807, 2.05) is 0 Å². The van der Waals surface area contributed by atoms with E-state index in [9.17, 15) is 88.5 Å². The molecule has 708 valence electrons. The molecule has 0 heterocycles. The maximum absolute atomic E-state index is 16.7. The van der Waals surface area contributed by atoms with Gasteiger partial charge in [-0.25, -0.2) is 33.2 Å². The van der Waals surface area contributed by atoms with Gasteiger partial charge in [0.2, 0.25) is 6.10 Å². The third-order valence-corrected chi connectivity index (χ3v) is 28.4. The van der Waals surface area contributed by atoms with Crippen molar-refractivity contribution in [3.8, 4) is 0 Å². The van der Waals surface area contributed by atoms with Crippen LogP contribution in [0.25, 0.3) is 0 Å². The second-order valence-corrected chi connectivity index (χ2v) is 38.0. The number of aliphatic hydroxyl groups is 6. The molecule has 0 saturated heterocycles. The Balaban J connectivity index is 0.000000240. The Labute approximate surface area is 760 Å². The highest BCUT2D eigenvalue weighted by atomic mass is 19.1. The van der Waals surface area contributed by atoms with Crippen molar-refractivity contribution in [2.75, 3.05) is 0 Å². The quantitative estimate of drug-likeness (QED) is 0.0167. The van der Waals surface area contributed by atoms with Crippen LogP contribution in [-0.2, 0) is 95.3 Å². The summed E-state index contributed by atoms with van der Waals surface area (Å²) in [7, 11) is 0. The van der Waals surface area contributed by atoms with Crippen LogP contribution >= 0.6 is 0 Å². The van der Waals surface area contributed by atoms with Gasteiger partial charge in [0.1, 0.15) is 64.6 Å². The Morgan fingerprint density at radius 2 is 0.924 bits per heavy atom. The number of carboxylic acid groups (broad SMARTS) is 1. The van der Waals surface area contributed by atoms with Crippen LogP contribution in [0.4, 0.5) is 9.18 Å². The zero-order chi connectivity index (χ0) is 97.0. The fraction of sp³-hybridized carbons (Fsp3) is 0.510. The molecule has 5 aromatic rings. The van der Waals surface area contributed by atoms with Gasteiger partial charge in [-0.3, -0.25) is 38.4 Å². The number of carboxylic acids is 1. The average molecular weight is 1830 g/mol. The molecule has 6 saturated carbocycles. The summed E-state index contributed by atoms with van der Waals surface area (Å²) in [6, 6.07) is 36.1. The Hall–Kier alpha value is -12.0.